The van der Waals surface area contributed by atoms with Crippen LogP contribution in [0.4, 0.5) is 5.69 Å². The molecule has 0 aromatic heterocycles. The number of ether oxygens (including phenoxy) is 1. The number of nitro benzene ring substituents is 1. The van der Waals surface area contributed by atoms with Crippen molar-refractivity contribution in [2.75, 3.05) is 20.3 Å². The molecule has 2 atom stereocenters. The predicted octanol–water partition coefficient (Wildman–Crippen LogP) is -0.156. The first kappa shape index (κ1) is 19.5. The van der Waals surface area contributed by atoms with Crippen molar-refractivity contribution in [1.29, 1.82) is 0 Å². The van der Waals surface area contributed by atoms with Crippen LogP contribution in [-0.2, 0) is 9.53 Å². The number of nitro groups is 1. The van der Waals surface area contributed by atoms with Gasteiger partial charge in [-0.2, -0.15) is 0 Å². The summed E-state index contributed by atoms with van der Waals surface area (Å²) < 4.78 is 4.87. The molecule has 0 spiro atoms. The average Bonchev–Trinajstić information content (AvgIpc) is 2.59. The minimum Gasteiger partial charge on any atom is -0.394 e. The van der Waals surface area contributed by atoms with Gasteiger partial charge in [0, 0.05) is 24.8 Å². The highest BCUT2D eigenvalue weighted by Crippen LogP contribution is 2.13. The number of hydrogen-bond donors (Lipinski definition) is 4. The van der Waals surface area contributed by atoms with E-state index in [1.165, 1.54) is 36.9 Å². The molecule has 0 aliphatic heterocycles. The maximum atomic E-state index is 12.1. The molecule has 2 unspecified atom stereocenters. The Hall–Kier alpha value is -2.56. The van der Waals surface area contributed by atoms with Crippen LogP contribution in [0.15, 0.2) is 24.3 Å². The summed E-state index contributed by atoms with van der Waals surface area (Å²) >= 11 is 0. The first-order valence-corrected chi connectivity index (χ1v) is 7.02. The third-order valence-electron chi connectivity index (χ3n) is 3.31. The number of benzene rings is 1. The van der Waals surface area contributed by atoms with Crippen molar-refractivity contribution in [3.05, 3.63) is 39.9 Å². The number of non-ortho nitro benzene ring substituents is 1. The first-order valence-electron chi connectivity index (χ1n) is 7.02. The molecule has 0 heterocycles. The third-order valence-corrected chi connectivity index (χ3v) is 3.31. The van der Waals surface area contributed by atoms with Gasteiger partial charge in [-0.15, -0.1) is 0 Å². The summed E-state index contributed by atoms with van der Waals surface area (Å²) in [7, 11) is 1.38. The molecule has 10 heteroatoms. The predicted molar refractivity (Wildman–Crippen MR) is 81.3 cm³/mol. The summed E-state index contributed by atoms with van der Waals surface area (Å²) in [6.45, 7) is -0.437. The Morgan fingerprint density at radius 1 is 1.33 bits per heavy atom. The van der Waals surface area contributed by atoms with Gasteiger partial charge in [0.2, 0.25) is 5.91 Å². The van der Waals surface area contributed by atoms with E-state index in [2.05, 4.69) is 5.32 Å². The molecule has 2 amide bonds. The number of aliphatic hydroxyl groups excluding tert-OH is 1. The number of hydrogen-bond acceptors (Lipinski definition) is 7. The normalized spacial score (nSPS) is 13.0. The van der Waals surface area contributed by atoms with Gasteiger partial charge in [0.15, 0.2) is 0 Å². The summed E-state index contributed by atoms with van der Waals surface area (Å²) in [5.74, 6) is -2.02. The van der Waals surface area contributed by atoms with Crippen molar-refractivity contribution in [2.45, 2.75) is 12.5 Å². The lowest BCUT2D eigenvalue weighted by atomic mass is 10.00. The summed E-state index contributed by atoms with van der Waals surface area (Å²) in [5.41, 5.74) is 1.53. The number of carbonyl (C=O) groups excluding carboxylic acids is 2. The molecule has 0 aliphatic carbocycles. The second kappa shape index (κ2) is 9.55. The van der Waals surface area contributed by atoms with E-state index >= 15 is 0 Å². The molecular formula is C14H19N3O7. The molecule has 0 aliphatic rings. The van der Waals surface area contributed by atoms with Gasteiger partial charge < -0.3 is 15.2 Å². The van der Waals surface area contributed by atoms with Crippen LogP contribution in [0.1, 0.15) is 16.8 Å². The van der Waals surface area contributed by atoms with Crippen molar-refractivity contribution < 1.29 is 29.6 Å². The van der Waals surface area contributed by atoms with Gasteiger partial charge >= 0.3 is 0 Å². The zero-order valence-corrected chi connectivity index (χ0v) is 13.0. The van der Waals surface area contributed by atoms with Crippen LogP contribution in [0.2, 0.25) is 0 Å². The van der Waals surface area contributed by atoms with E-state index in [1.54, 1.807) is 0 Å². The highest BCUT2D eigenvalue weighted by atomic mass is 16.6. The van der Waals surface area contributed by atoms with Crippen molar-refractivity contribution >= 4 is 17.5 Å². The second-order valence-corrected chi connectivity index (χ2v) is 5.02. The van der Waals surface area contributed by atoms with E-state index in [1.807, 2.05) is 0 Å². The van der Waals surface area contributed by atoms with E-state index < -0.39 is 35.3 Å². The van der Waals surface area contributed by atoms with E-state index in [0.29, 0.717) is 0 Å². The molecule has 10 nitrogen and oxygen atoms in total. The Bertz CT molecular complexity index is 576. The molecule has 0 saturated carbocycles. The van der Waals surface area contributed by atoms with Crippen LogP contribution in [0.3, 0.4) is 0 Å². The van der Waals surface area contributed by atoms with E-state index in [0.717, 1.165) is 0 Å². The SMILES string of the molecule is COCC(CC(CO)NC(=O)c1ccc([N+](=O)[O-])cc1)C(=O)NO. The van der Waals surface area contributed by atoms with Gasteiger partial charge in [-0.3, -0.25) is 24.9 Å². The van der Waals surface area contributed by atoms with Crippen molar-refractivity contribution in [1.82, 2.24) is 10.8 Å². The van der Waals surface area contributed by atoms with Crippen LogP contribution in [-0.4, -0.2) is 53.4 Å². The summed E-state index contributed by atoms with van der Waals surface area (Å²) in [4.78, 5) is 33.6. The topological polar surface area (TPSA) is 151 Å². The van der Waals surface area contributed by atoms with Crippen LogP contribution >= 0.6 is 0 Å². The number of methoxy groups -OCH3 is 1. The fraction of sp³-hybridized carbons (Fsp3) is 0.429. The molecule has 1 aromatic rings. The number of rotatable bonds is 9. The number of aliphatic hydroxyl groups is 1. The third kappa shape index (κ3) is 5.57. The standard InChI is InChI=1S/C14H19N3O7/c1-24-8-10(14(20)16-21)6-11(7-18)15-13(19)9-2-4-12(5-3-9)17(22)23/h2-5,10-11,18,21H,6-8H2,1H3,(H,15,19)(H,16,20). The lowest BCUT2D eigenvalue weighted by molar-refractivity contribution is -0.384. The number of nitrogens with zero attached hydrogens (tertiary/aromatic N) is 1. The Balaban J connectivity index is 2.73. The fourth-order valence-electron chi connectivity index (χ4n) is 2.07. The maximum Gasteiger partial charge on any atom is 0.269 e. The molecule has 1 aromatic carbocycles. The fourth-order valence-corrected chi connectivity index (χ4v) is 2.07. The Morgan fingerprint density at radius 3 is 2.42 bits per heavy atom. The van der Waals surface area contributed by atoms with Crippen molar-refractivity contribution in [2.24, 2.45) is 5.92 Å². The molecule has 0 fully saturated rings. The summed E-state index contributed by atoms with van der Waals surface area (Å²) in [6, 6.07) is 4.19. The Morgan fingerprint density at radius 2 is 1.96 bits per heavy atom. The summed E-state index contributed by atoms with van der Waals surface area (Å²) in [5, 5.41) is 31.2. The molecule has 4 N–H and O–H groups in total. The largest absolute Gasteiger partial charge is 0.394 e. The Labute approximate surface area is 137 Å². The average molecular weight is 341 g/mol. The first-order chi connectivity index (χ1) is 11.4. The maximum absolute atomic E-state index is 12.1. The van der Waals surface area contributed by atoms with Crippen molar-refractivity contribution in [3.8, 4) is 0 Å². The smallest absolute Gasteiger partial charge is 0.269 e. The minimum absolute atomic E-state index is 0.00368. The molecular weight excluding hydrogens is 322 g/mol. The molecule has 0 bridgehead atoms. The van der Waals surface area contributed by atoms with Gasteiger partial charge in [-0.25, -0.2) is 5.48 Å². The number of amides is 2. The monoisotopic (exact) mass is 341 g/mol. The van der Waals surface area contributed by atoms with Gasteiger partial charge in [-0.1, -0.05) is 0 Å². The molecule has 132 valence electrons. The van der Waals surface area contributed by atoms with E-state index in [-0.39, 0.29) is 24.3 Å². The molecule has 1 rings (SSSR count). The van der Waals surface area contributed by atoms with Gasteiger partial charge in [-0.05, 0) is 18.6 Å². The number of hydroxylamine groups is 1. The van der Waals surface area contributed by atoms with Crippen LogP contribution in [0.5, 0.6) is 0 Å². The van der Waals surface area contributed by atoms with Gasteiger partial charge in [0.1, 0.15) is 0 Å². The quantitative estimate of drug-likeness (QED) is 0.277. The number of nitrogens with one attached hydrogen (secondary N) is 2. The van der Waals surface area contributed by atoms with Gasteiger partial charge in [0.05, 0.1) is 30.1 Å². The second-order valence-electron chi connectivity index (χ2n) is 5.02. The van der Waals surface area contributed by atoms with Crippen LogP contribution in [0.25, 0.3) is 0 Å². The zero-order valence-electron chi connectivity index (χ0n) is 13.0. The Kier molecular flexibility index (Phi) is 7.75. The minimum atomic E-state index is -0.769. The van der Waals surface area contributed by atoms with Crippen LogP contribution in [0, 0.1) is 16.0 Å². The van der Waals surface area contributed by atoms with Crippen molar-refractivity contribution in [3.63, 3.8) is 0 Å². The van der Waals surface area contributed by atoms with Crippen LogP contribution < -0.4 is 10.8 Å². The highest BCUT2D eigenvalue weighted by molar-refractivity contribution is 5.94. The lowest BCUT2D eigenvalue weighted by Crippen LogP contribution is -2.42. The van der Waals surface area contributed by atoms with E-state index in [4.69, 9.17) is 9.94 Å². The molecule has 0 saturated heterocycles. The number of carbonyl (C=O) groups is 2. The highest BCUT2D eigenvalue weighted by Gasteiger charge is 2.24. The molecule has 24 heavy (non-hydrogen) atoms. The van der Waals surface area contributed by atoms with Gasteiger partial charge in [0.25, 0.3) is 11.6 Å². The molecule has 0 radical (unpaired) electrons. The lowest BCUT2D eigenvalue weighted by Gasteiger charge is -2.21. The van der Waals surface area contributed by atoms with E-state index in [9.17, 15) is 24.8 Å². The zero-order chi connectivity index (χ0) is 18.1. The summed E-state index contributed by atoms with van der Waals surface area (Å²) in [6.07, 6.45) is 0.0372.